The third kappa shape index (κ3) is 6.52. The monoisotopic (exact) mass is 541 g/mol. The first-order chi connectivity index (χ1) is 17.8. The normalized spacial score (nSPS) is 31.0. The van der Waals surface area contributed by atoms with E-state index in [4.69, 9.17) is 4.74 Å². The number of hydrogen-bond acceptors (Lipinski definition) is 5. The minimum Gasteiger partial charge on any atom is -0.469 e. The van der Waals surface area contributed by atoms with Crippen molar-refractivity contribution in [3.8, 4) is 6.07 Å². The lowest BCUT2D eigenvalue weighted by Gasteiger charge is -2.62. The second-order valence-corrected chi connectivity index (χ2v) is 15.1. The van der Waals surface area contributed by atoms with Gasteiger partial charge in [0.15, 0.2) is 5.78 Å². The van der Waals surface area contributed by atoms with Crippen molar-refractivity contribution < 1.29 is 19.1 Å². The molecule has 0 aliphatic heterocycles. The highest BCUT2D eigenvalue weighted by Crippen LogP contribution is 2.66. The van der Waals surface area contributed by atoms with E-state index in [1.54, 1.807) is 6.92 Å². The van der Waals surface area contributed by atoms with Gasteiger partial charge in [-0.25, -0.2) is 0 Å². The summed E-state index contributed by atoms with van der Waals surface area (Å²) in [7, 11) is 1.49. The molecule has 0 bridgehead atoms. The fraction of sp³-hybridized carbons (Fsp3) is 0.824. The number of nitrogens with zero attached hydrogens (tertiary/aromatic N) is 1. The van der Waals surface area contributed by atoms with Crippen molar-refractivity contribution in [1.29, 1.82) is 5.26 Å². The third-order valence-electron chi connectivity index (χ3n) is 11.4. The van der Waals surface area contributed by atoms with Gasteiger partial charge >= 0.3 is 5.97 Å². The van der Waals surface area contributed by atoms with Gasteiger partial charge in [-0.1, -0.05) is 67.9 Å². The van der Waals surface area contributed by atoms with Crippen molar-refractivity contribution in [1.82, 2.24) is 0 Å². The van der Waals surface area contributed by atoms with Gasteiger partial charge < -0.3 is 9.53 Å². The summed E-state index contributed by atoms with van der Waals surface area (Å²) in [6, 6.07) is 2.16. The van der Waals surface area contributed by atoms with Crippen LogP contribution in [0.15, 0.2) is 11.6 Å². The molecule has 39 heavy (non-hydrogen) atoms. The molecule has 2 aliphatic rings. The summed E-state index contributed by atoms with van der Waals surface area (Å²) in [5, 5.41) is 9.78. The topological polar surface area (TPSA) is 84.2 Å². The Kier molecular flexibility index (Phi) is 10.1. The first kappa shape index (κ1) is 33.2. The highest BCUT2D eigenvalue weighted by molar-refractivity contribution is 6.01. The first-order valence-corrected chi connectivity index (χ1v) is 15.1. The Labute approximate surface area is 238 Å². The standard InChI is InChI=1S/C34H55NO4/c1-12-14-30(4,5)16-18-32(8,29(38)39-11)19-17-31(6,7)34(10)15-13-26-24(3)28(37)25(22-35)21-33(26,9)27(34)20-23(2)36/h21,24,26-27H,12-20H2,1-11H3/t24-,26-,27+,32-,33-,34+/m0/s1. The fourth-order valence-corrected chi connectivity index (χ4v) is 8.19. The Morgan fingerprint density at radius 3 is 2.18 bits per heavy atom. The predicted molar refractivity (Wildman–Crippen MR) is 157 cm³/mol. The number of allylic oxidation sites excluding steroid dienone is 2. The van der Waals surface area contributed by atoms with Crippen LogP contribution in [0.2, 0.25) is 0 Å². The summed E-state index contributed by atoms with van der Waals surface area (Å²) in [5.74, 6) is -0.208. The molecule has 0 aromatic rings. The molecule has 220 valence electrons. The first-order valence-electron chi connectivity index (χ1n) is 15.1. The number of rotatable bonds is 12. The molecule has 0 amide bonds. The van der Waals surface area contributed by atoms with E-state index in [0.29, 0.717) is 12.8 Å². The summed E-state index contributed by atoms with van der Waals surface area (Å²) in [6.07, 6.45) is 9.65. The van der Waals surface area contributed by atoms with Gasteiger partial charge in [-0.2, -0.15) is 5.26 Å². The number of carbonyl (C=O) groups excluding carboxylic acids is 3. The van der Waals surface area contributed by atoms with E-state index >= 15 is 0 Å². The third-order valence-corrected chi connectivity index (χ3v) is 11.4. The minimum absolute atomic E-state index is 0.0111. The maximum atomic E-state index is 13.1. The number of fused-ring (bicyclic) bond motifs is 1. The lowest BCUT2D eigenvalue weighted by atomic mass is 9.41. The molecule has 0 N–H and O–H groups in total. The molecular formula is C34H55NO4. The summed E-state index contributed by atoms with van der Waals surface area (Å²) in [5.41, 5.74) is -1.01. The number of nitriles is 1. The van der Waals surface area contributed by atoms with Gasteiger partial charge in [0.05, 0.1) is 18.1 Å². The predicted octanol–water partition coefficient (Wildman–Crippen LogP) is 8.27. The quantitative estimate of drug-likeness (QED) is 0.232. The number of carbonyl (C=O) groups is 3. The summed E-state index contributed by atoms with van der Waals surface area (Å²) in [4.78, 5) is 38.8. The van der Waals surface area contributed by atoms with Gasteiger partial charge in [0, 0.05) is 12.3 Å². The lowest BCUT2D eigenvalue weighted by molar-refractivity contribution is -0.155. The van der Waals surface area contributed by atoms with Gasteiger partial charge in [0.2, 0.25) is 0 Å². The Bertz CT molecular complexity index is 1020. The average Bonchev–Trinajstić information content (AvgIpc) is 2.85. The highest BCUT2D eigenvalue weighted by atomic mass is 16.5. The van der Waals surface area contributed by atoms with Crippen LogP contribution in [0.3, 0.4) is 0 Å². The Morgan fingerprint density at radius 1 is 1.08 bits per heavy atom. The van der Waals surface area contributed by atoms with Crippen molar-refractivity contribution in [3.63, 3.8) is 0 Å². The molecule has 1 saturated carbocycles. The molecule has 5 nitrogen and oxygen atoms in total. The number of esters is 1. The maximum Gasteiger partial charge on any atom is 0.311 e. The molecule has 0 aromatic heterocycles. The van der Waals surface area contributed by atoms with Crippen LogP contribution in [0.5, 0.6) is 0 Å². The molecule has 0 unspecified atom stereocenters. The Morgan fingerprint density at radius 2 is 1.67 bits per heavy atom. The lowest BCUT2D eigenvalue weighted by Crippen LogP contribution is -2.57. The summed E-state index contributed by atoms with van der Waals surface area (Å²) < 4.78 is 5.33. The molecule has 5 heteroatoms. The number of ether oxygens (including phenoxy) is 1. The van der Waals surface area contributed by atoms with E-state index in [0.717, 1.165) is 44.9 Å². The van der Waals surface area contributed by atoms with Gasteiger partial charge in [0.25, 0.3) is 0 Å². The number of methoxy groups -OCH3 is 1. The van der Waals surface area contributed by atoms with E-state index in [2.05, 4.69) is 61.5 Å². The zero-order valence-electron chi connectivity index (χ0n) is 26.8. The zero-order chi connectivity index (χ0) is 30.0. The number of hydrogen-bond donors (Lipinski definition) is 0. The van der Waals surface area contributed by atoms with E-state index in [1.165, 1.54) is 7.11 Å². The zero-order valence-corrected chi connectivity index (χ0v) is 26.8. The Balaban J connectivity index is 2.46. The molecule has 0 radical (unpaired) electrons. The van der Waals surface area contributed by atoms with E-state index < -0.39 is 10.8 Å². The smallest absolute Gasteiger partial charge is 0.311 e. The van der Waals surface area contributed by atoms with Gasteiger partial charge in [0.1, 0.15) is 11.9 Å². The van der Waals surface area contributed by atoms with Crippen LogP contribution in [0.1, 0.15) is 127 Å². The van der Waals surface area contributed by atoms with E-state index in [1.807, 2.05) is 13.0 Å². The van der Waals surface area contributed by atoms with Gasteiger partial charge in [-0.05, 0) is 92.3 Å². The number of Topliss-reactive ketones (excluding diaryl/α,β-unsaturated/α-hetero) is 2. The molecule has 0 heterocycles. The molecular weight excluding hydrogens is 486 g/mol. The van der Waals surface area contributed by atoms with Crippen molar-refractivity contribution in [2.45, 2.75) is 127 Å². The molecule has 2 rings (SSSR count). The SMILES string of the molecule is CCCC(C)(C)CC[C@@](C)(CCC(C)(C)[C@]1(C)CC[C@H]2[C@H](C)C(=O)C(C#N)=C[C@]2(C)[C@H]1CC(C)=O)C(=O)OC. The van der Waals surface area contributed by atoms with E-state index in [-0.39, 0.29) is 57.1 Å². The van der Waals surface area contributed by atoms with Crippen molar-refractivity contribution in [2.24, 2.45) is 44.8 Å². The van der Waals surface area contributed by atoms with Crippen LogP contribution in [0.4, 0.5) is 0 Å². The van der Waals surface area contributed by atoms with Crippen LogP contribution in [-0.4, -0.2) is 24.6 Å². The van der Waals surface area contributed by atoms with Crippen molar-refractivity contribution >= 4 is 17.5 Å². The van der Waals surface area contributed by atoms with Crippen molar-refractivity contribution in [2.75, 3.05) is 7.11 Å². The molecule has 0 saturated heterocycles. The van der Waals surface area contributed by atoms with Crippen LogP contribution in [-0.2, 0) is 19.1 Å². The fourth-order valence-electron chi connectivity index (χ4n) is 8.19. The van der Waals surface area contributed by atoms with Gasteiger partial charge in [-0.3, -0.25) is 9.59 Å². The van der Waals surface area contributed by atoms with E-state index in [9.17, 15) is 19.6 Å². The number of ketones is 2. The molecule has 2 aliphatic carbocycles. The van der Waals surface area contributed by atoms with Crippen molar-refractivity contribution in [3.05, 3.63) is 11.6 Å². The average molecular weight is 542 g/mol. The van der Waals surface area contributed by atoms with Crippen LogP contribution in [0, 0.1) is 56.2 Å². The molecule has 6 atom stereocenters. The molecule has 1 fully saturated rings. The second-order valence-electron chi connectivity index (χ2n) is 15.1. The minimum atomic E-state index is -0.579. The van der Waals surface area contributed by atoms with Crippen LogP contribution >= 0.6 is 0 Å². The highest BCUT2D eigenvalue weighted by Gasteiger charge is 2.61. The van der Waals surface area contributed by atoms with Gasteiger partial charge in [-0.15, -0.1) is 0 Å². The maximum absolute atomic E-state index is 13.1. The second kappa shape index (κ2) is 11.9. The van der Waals surface area contributed by atoms with Crippen LogP contribution < -0.4 is 0 Å². The summed E-state index contributed by atoms with van der Waals surface area (Å²) in [6.45, 7) is 21.5. The molecule has 0 spiro atoms. The summed E-state index contributed by atoms with van der Waals surface area (Å²) >= 11 is 0. The largest absolute Gasteiger partial charge is 0.469 e. The Hall–Kier alpha value is -1.96. The molecule has 0 aromatic carbocycles. The van der Waals surface area contributed by atoms with Crippen LogP contribution in [0.25, 0.3) is 0 Å².